The molecule has 4 nitrogen and oxygen atoms in total. The molecule has 15 heavy (non-hydrogen) atoms. The van der Waals surface area contributed by atoms with Crippen molar-refractivity contribution in [3.63, 3.8) is 0 Å². The minimum atomic E-state index is -0.478. The van der Waals surface area contributed by atoms with Gasteiger partial charge in [-0.2, -0.15) is 0 Å². The third kappa shape index (κ3) is 2.69. The number of nitrogens with zero attached hydrogens (tertiary/aromatic N) is 1. The Balaban J connectivity index is 2.52. The number of carbonyl (C=O) groups is 1. The molecule has 0 spiro atoms. The molecule has 0 bridgehead atoms. The SMILES string of the molecule is COC1(OC)CCN(C(=O)C(C)C)CC1. The van der Waals surface area contributed by atoms with Crippen molar-refractivity contribution < 1.29 is 14.3 Å². The Morgan fingerprint density at radius 3 is 2.00 bits per heavy atom. The number of hydrogen-bond donors (Lipinski definition) is 0. The summed E-state index contributed by atoms with van der Waals surface area (Å²) in [5.74, 6) is -0.188. The molecular weight excluding hydrogens is 194 g/mol. The van der Waals surface area contributed by atoms with Crippen molar-refractivity contribution in [2.75, 3.05) is 27.3 Å². The highest BCUT2D eigenvalue weighted by atomic mass is 16.7. The van der Waals surface area contributed by atoms with Gasteiger partial charge >= 0.3 is 0 Å². The zero-order valence-corrected chi connectivity index (χ0v) is 10.1. The summed E-state index contributed by atoms with van der Waals surface area (Å²) in [5, 5.41) is 0. The summed E-state index contributed by atoms with van der Waals surface area (Å²) in [6, 6.07) is 0. The van der Waals surface area contributed by atoms with E-state index < -0.39 is 5.79 Å². The van der Waals surface area contributed by atoms with Gasteiger partial charge in [0.2, 0.25) is 5.91 Å². The van der Waals surface area contributed by atoms with E-state index in [4.69, 9.17) is 9.47 Å². The number of carbonyl (C=O) groups excluding carboxylic acids is 1. The maximum atomic E-state index is 11.7. The summed E-state index contributed by atoms with van der Waals surface area (Å²) in [6.07, 6.45) is 1.50. The predicted molar refractivity (Wildman–Crippen MR) is 57.4 cm³/mol. The molecule has 1 aliphatic heterocycles. The van der Waals surface area contributed by atoms with Crippen LogP contribution in [-0.2, 0) is 14.3 Å². The summed E-state index contributed by atoms with van der Waals surface area (Å²) >= 11 is 0. The van der Waals surface area contributed by atoms with Gasteiger partial charge in [0.25, 0.3) is 0 Å². The Morgan fingerprint density at radius 1 is 1.20 bits per heavy atom. The van der Waals surface area contributed by atoms with Gasteiger partial charge in [0.05, 0.1) is 0 Å². The van der Waals surface area contributed by atoms with E-state index in [0.29, 0.717) is 0 Å². The van der Waals surface area contributed by atoms with Gasteiger partial charge in [0.1, 0.15) is 0 Å². The second-order valence-electron chi connectivity index (χ2n) is 4.30. The minimum Gasteiger partial charge on any atom is -0.353 e. The second kappa shape index (κ2) is 4.94. The molecule has 0 radical (unpaired) electrons. The summed E-state index contributed by atoms with van der Waals surface area (Å²) in [5.41, 5.74) is 0. The van der Waals surface area contributed by atoms with E-state index in [-0.39, 0.29) is 11.8 Å². The zero-order valence-electron chi connectivity index (χ0n) is 10.1. The highest BCUT2D eigenvalue weighted by Crippen LogP contribution is 2.26. The molecule has 1 fully saturated rings. The maximum absolute atomic E-state index is 11.7. The predicted octanol–water partition coefficient (Wildman–Crippen LogP) is 1.25. The van der Waals surface area contributed by atoms with Crippen molar-refractivity contribution in [3.8, 4) is 0 Å². The Morgan fingerprint density at radius 2 is 1.67 bits per heavy atom. The average Bonchev–Trinajstić information content (AvgIpc) is 2.28. The number of likely N-dealkylation sites (tertiary alicyclic amines) is 1. The molecule has 0 N–H and O–H groups in total. The molecule has 0 atom stereocenters. The van der Waals surface area contributed by atoms with E-state index in [1.165, 1.54) is 0 Å². The van der Waals surface area contributed by atoms with E-state index in [0.717, 1.165) is 25.9 Å². The van der Waals surface area contributed by atoms with Crippen LogP contribution in [0.3, 0.4) is 0 Å². The topological polar surface area (TPSA) is 38.8 Å². The molecule has 0 aromatic rings. The molecular formula is C11H21NO3. The first-order chi connectivity index (χ1) is 7.04. The molecule has 4 heteroatoms. The van der Waals surface area contributed by atoms with Gasteiger partial charge in [-0.05, 0) is 0 Å². The third-order valence-electron chi connectivity index (χ3n) is 3.07. The van der Waals surface area contributed by atoms with Crippen molar-refractivity contribution in [2.45, 2.75) is 32.5 Å². The van der Waals surface area contributed by atoms with Crippen LogP contribution in [0.2, 0.25) is 0 Å². The number of methoxy groups -OCH3 is 2. The highest BCUT2D eigenvalue weighted by molar-refractivity contribution is 5.78. The van der Waals surface area contributed by atoms with Gasteiger partial charge in [-0.15, -0.1) is 0 Å². The first kappa shape index (κ1) is 12.5. The summed E-state index contributed by atoms with van der Waals surface area (Å²) < 4.78 is 10.7. The van der Waals surface area contributed by atoms with Gasteiger partial charge in [-0.3, -0.25) is 4.79 Å². The van der Waals surface area contributed by atoms with E-state index in [9.17, 15) is 4.79 Å². The van der Waals surface area contributed by atoms with Crippen LogP contribution in [0.15, 0.2) is 0 Å². The second-order valence-corrected chi connectivity index (χ2v) is 4.30. The van der Waals surface area contributed by atoms with Gasteiger partial charge in [-0.25, -0.2) is 0 Å². The third-order valence-corrected chi connectivity index (χ3v) is 3.07. The molecule has 0 aromatic heterocycles. The molecule has 1 amide bonds. The van der Waals surface area contributed by atoms with Gasteiger partial charge < -0.3 is 14.4 Å². The number of hydrogen-bond acceptors (Lipinski definition) is 3. The molecule has 0 aromatic carbocycles. The van der Waals surface area contributed by atoms with Crippen LogP contribution in [-0.4, -0.2) is 43.9 Å². The first-order valence-corrected chi connectivity index (χ1v) is 5.44. The number of piperidine rings is 1. The maximum Gasteiger partial charge on any atom is 0.225 e. The van der Waals surface area contributed by atoms with E-state index in [1.807, 2.05) is 18.7 Å². The van der Waals surface area contributed by atoms with Crippen molar-refractivity contribution in [2.24, 2.45) is 5.92 Å². The molecule has 0 saturated carbocycles. The van der Waals surface area contributed by atoms with Crippen LogP contribution in [0.1, 0.15) is 26.7 Å². The van der Waals surface area contributed by atoms with Crippen LogP contribution < -0.4 is 0 Å². The van der Waals surface area contributed by atoms with Crippen LogP contribution >= 0.6 is 0 Å². The number of ether oxygens (including phenoxy) is 2. The fourth-order valence-corrected chi connectivity index (χ4v) is 1.92. The molecule has 1 heterocycles. The Bertz CT molecular complexity index is 214. The molecule has 0 aliphatic carbocycles. The van der Waals surface area contributed by atoms with Crippen LogP contribution in [0.5, 0.6) is 0 Å². The summed E-state index contributed by atoms with van der Waals surface area (Å²) in [6.45, 7) is 5.30. The van der Waals surface area contributed by atoms with Crippen molar-refractivity contribution in [1.29, 1.82) is 0 Å². The van der Waals surface area contributed by atoms with Crippen molar-refractivity contribution in [1.82, 2.24) is 4.90 Å². The van der Waals surface area contributed by atoms with E-state index in [2.05, 4.69) is 0 Å². The standard InChI is InChI=1S/C11H21NO3/c1-9(2)10(13)12-7-5-11(14-3,15-4)6-8-12/h9H,5-8H2,1-4H3. The quantitative estimate of drug-likeness (QED) is 0.665. The van der Waals surface area contributed by atoms with Crippen LogP contribution in [0.4, 0.5) is 0 Å². The highest BCUT2D eigenvalue weighted by Gasteiger charge is 2.36. The summed E-state index contributed by atoms with van der Waals surface area (Å²) in [7, 11) is 3.31. The Labute approximate surface area is 91.5 Å². The molecule has 88 valence electrons. The normalized spacial score (nSPS) is 20.7. The molecule has 1 rings (SSSR count). The van der Waals surface area contributed by atoms with Gasteiger partial charge in [0.15, 0.2) is 5.79 Å². The molecule has 0 unspecified atom stereocenters. The van der Waals surface area contributed by atoms with Crippen LogP contribution in [0.25, 0.3) is 0 Å². The fourth-order valence-electron chi connectivity index (χ4n) is 1.92. The van der Waals surface area contributed by atoms with E-state index in [1.54, 1.807) is 14.2 Å². The number of rotatable bonds is 3. The largest absolute Gasteiger partial charge is 0.353 e. The lowest BCUT2D eigenvalue weighted by molar-refractivity contribution is -0.229. The zero-order chi connectivity index (χ0) is 11.5. The van der Waals surface area contributed by atoms with Crippen molar-refractivity contribution in [3.05, 3.63) is 0 Å². The monoisotopic (exact) mass is 215 g/mol. The first-order valence-electron chi connectivity index (χ1n) is 5.44. The average molecular weight is 215 g/mol. The van der Waals surface area contributed by atoms with Crippen molar-refractivity contribution >= 4 is 5.91 Å². The van der Waals surface area contributed by atoms with Gasteiger partial charge in [0, 0.05) is 46.1 Å². The smallest absolute Gasteiger partial charge is 0.225 e. The Kier molecular flexibility index (Phi) is 4.11. The van der Waals surface area contributed by atoms with E-state index >= 15 is 0 Å². The lowest BCUT2D eigenvalue weighted by Crippen LogP contribution is -2.49. The van der Waals surface area contributed by atoms with Crippen LogP contribution in [0, 0.1) is 5.92 Å². The lowest BCUT2D eigenvalue weighted by Gasteiger charge is -2.40. The summed E-state index contributed by atoms with van der Waals surface area (Å²) in [4.78, 5) is 13.6. The Hall–Kier alpha value is -0.610. The molecule has 1 saturated heterocycles. The lowest BCUT2D eigenvalue weighted by atomic mass is 10.0. The molecule has 1 aliphatic rings. The van der Waals surface area contributed by atoms with Gasteiger partial charge in [-0.1, -0.05) is 13.8 Å². The fraction of sp³-hybridized carbons (Fsp3) is 0.909. The number of amides is 1. The minimum absolute atomic E-state index is 0.0718.